The summed E-state index contributed by atoms with van der Waals surface area (Å²) in [6.07, 6.45) is 4.32. The first-order chi connectivity index (χ1) is 14.0. The van der Waals surface area contributed by atoms with E-state index in [1.54, 1.807) is 0 Å². The molecule has 0 bridgehead atoms. The van der Waals surface area contributed by atoms with Crippen molar-refractivity contribution in [3.8, 4) is 11.3 Å². The van der Waals surface area contributed by atoms with Gasteiger partial charge in [-0.3, -0.25) is 19.3 Å². The normalized spacial score (nSPS) is 18.0. The maximum atomic E-state index is 12.6. The second kappa shape index (κ2) is 8.24. The Bertz CT molecular complexity index is 935. The third-order valence-corrected chi connectivity index (χ3v) is 6.87. The third kappa shape index (κ3) is 4.21. The Balaban J connectivity index is 1.27. The molecule has 1 N–H and O–H groups in total. The van der Waals surface area contributed by atoms with Gasteiger partial charge in [0.05, 0.1) is 16.1 Å². The van der Waals surface area contributed by atoms with E-state index >= 15 is 0 Å². The first-order valence-electron chi connectivity index (χ1n) is 9.79. The monoisotopic (exact) mass is 431 g/mol. The molecule has 1 saturated heterocycles. The molecule has 8 heteroatoms. The van der Waals surface area contributed by atoms with Gasteiger partial charge in [-0.05, 0) is 25.0 Å². The van der Waals surface area contributed by atoms with Gasteiger partial charge in [-0.2, -0.15) is 0 Å². The second-order valence-electron chi connectivity index (χ2n) is 7.68. The molecule has 0 unspecified atom stereocenters. The highest BCUT2D eigenvalue weighted by molar-refractivity contribution is 7.09. The lowest BCUT2D eigenvalue weighted by atomic mass is 9.84. The maximum absolute atomic E-state index is 12.6. The Morgan fingerprint density at radius 3 is 2.66 bits per heavy atom. The first kappa shape index (κ1) is 20.0. The largest absolute Gasteiger partial charge is 0.354 e. The highest BCUT2D eigenvalue weighted by Crippen LogP contribution is 2.46. The standard InChI is InChI=1S/C21H22ClN3O3S/c22-15-5-3-14(4-6-15)16-13-29-18(24-16)7-10-23-17(26)12-25-19(27)11-21(20(25)28)8-1-2-9-21/h3-6,13H,1-2,7-12H2,(H,23,26). The molecule has 1 aliphatic heterocycles. The lowest BCUT2D eigenvalue weighted by Gasteiger charge is -2.20. The van der Waals surface area contributed by atoms with Gasteiger partial charge >= 0.3 is 0 Å². The fraction of sp³-hybridized carbons (Fsp3) is 0.429. The van der Waals surface area contributed by atoms with Gasteiger partial charge in [-0.1, -0.05) is 36.6 Å². The molecule has 1 saturated carbocycles. The zero-order chi connectivity index (χ0) is 20.4. The van der Waals surface area contributed by atoms with Crippen LogP contribution in [0.2, 0.25) is 5.02 Å². The Labute approximate surface area is 178 Å². The van der Waals surface area contributed by atoms with Crippen molar-refractivity contribution in [2.75, 3.05) is 13.1 Å². The topological polar surface area (TPSA) is 79.4 Å². The van der Waals surface area contributed by atoms with Gasteiger partial charge in [-0.15, -0.1) is 11.3 Å². The average Bonchev–Trinajstić information content (AvgIpc) is 3.41. The zero-order valence-electron chi connectivity index (χ0n) is 15.9. The number of halogens is 1. The minimum Gasteiger partial charge on any atom is -0.354 e. The van der Waals surface area contributed by atoms with Crippen molar-refractivity contribution in [3.63, 3.8) is 0 Å². The molecule has 0 atom stereocenters. The maximum Gasteiger partial charge on any atom is 0.240 e. The van der Waals surface area contributed by atoms with Gasteiger partial charge in [0.1, 0.15) is 6.54 Å². The molecule has 2 aliphatic rings. The van der Waals surface area contributed by atoms with E-state index in [-0.39, 0.29) is 30.7 Å². The summed E-state index contributed by atoms with van der Waals surface area (Å²) in [6.45, 7) is 0.223. The van der Waals surface area contributed by atoms with Gasteiger partial charge in [0.2, 0.25) is 17.7 Å². The molecule has 2 fully saturated rings. The van der Waals surface area contributed by atoms with Crippen LogP contribution >= 0.6 is 22.9 Å². The second-order valence-corrected chi connectivity index (χ2v) is 9.06. The van der Waals surface area contributed by atoms with E-state index in [1.165, 1.54) is 11.3 Å². The number of rotatable bonds is 6. The highest BCUT2D eigenvalue weighted by atomic mass is 35.5. The van der Waals surface area contributed by atoms with E-state index in [1.807, 2.05) is 29.6 Å². The van der Waals surface area contributed by atoms with Crippen LogP contribution in [0.3, 0.4) is 0 Å². The van der Waals surface area contributed by atoms with Crippen molar-refractivity contribution >= 4 is 40.7 Å². The summed E-state index contributed by atoms with van der Waals surface area (Å²) in [7, 11) is 0. The van der Waals surface area contributed by atoms with Gasteiger partial charge in [0.25, 0.3) is 0 Å². The van der Waals surface area contributed by atoms with Crippen molar-refractivity contribution in [3.05, 3.63) is 39.7 Å². The molecule has 3 amide bonds. The van der Waals surface area contributed by atoms with Crippen LogP contribution in [-0.4, -0.2) is 40.7 Å². The fourth-order valence-electron chi connectivity index (χ4n) is 4.15. The Hall–Kier alpha value is -2.25. The van der Waals surface area contributed by atoms with E-state index in [0.29, 0.717) is 18.0 Å². The van der Waals surface area contributed by atoms with Crippen LogP contribution in [0, 0.1) is 5.41 Å². The lowest BCUT2D eigenvalue weighted by Crippen LogP contribution is -2.42. The number of amides is 3. The number of carbonyl (C=O) groups is 3. The quantitative estimate of drug-likeness (QED) is 0.710. The van der Waals surface area contributed by atoms with Crippen molar-refractivity contribution in [2.24, 2.45) is 5.41 Å². The molecule has 6 nitrogen and oxygen atoms in total. The summed E-state index contributed by atoms with van der Waals surface area (Å²) in [4.78, 5) is 42.9. The molecular formula is C21H22ClN3O3S. The minimum absolute atomic E-state index is 0.164. The van der Waals surface area contributed by atoms with Crippen LogP contribution in [0.1, 0.15) is 37.1 Å². The molecule has 152 valence electrons. The summed E-state index contributed by atoms with van der Waals surface area (Å²) >= 11 is 7.45. The Kier molecular flexibility index (Phi) is 5.69. The number of imide groups is 1. The van der Waals surface area contributed by atoms with Crippen LogP contribution in [0.25, 0.3) is 11.3 Å². The third-order valence-electron chi connectivity index (χ3n) is 5.70. The molecule has 1 aliphatic carbocycles. The number of nitrogens with zero attached hydrogens (tertiary/aromatic N) is 2. The van der Waals surface area contributed by atoms with Crippen LogP contribution in [-0.2, 0) is 20.8 Å². The number of aromatic nitrogens is 1. The molecule has 4 rings (SSSR count). The highest BCUT2D eigenvalue weighted by Gasteiger charge is 2.52. The number of benzene rings is 1. The Morgan fingerprint density at radius 2 is 1.93 bits per heavy atom. The van der Waals surface area contributed by atoms with E-state index in [9.17, 15) is 14.4 Å². The van der Waals surface area contributed by atoms with Crippen molar-refractivity contribution < 1.29 is 14.4 Å². The van der Waals surface area contributed by atoms with Crippen LogP contribution in [0.15, 0.2) is 29.6 Å². The van der Waals surface area contributed by atoms with Gasteiger partial charge < -0.3 is 5.32 Å². The van der Waals surface area contributed by atoms with Crippen molar-refractivity contribution in [2.45, 2.75) is 38.5 Å². The summed E-state index contributed by atoms with van der Waals surface area (Å²) in [5.74, 6) is -0.696. The number of hydrogen-bond acceptors (Lipinski definition) is 5. The molecule has 1 aromatic carbocycles. The van der Waals surface area contributed by atoms with Gasteiger partial charge in [0.15, 0.2) is 0 Å². The van der Waals surface area contributed by atoms with E-state index in [4.69, 9.17) is 11.6 Å². The predicted octanol–water partition coefficient (Wildman–Crippen LogP) is 3.44. The molecule has 0 radical (unpaired) electrons. The SMILES string of the molecule is O=C(CN1C(=O)CC2(CCCC2)C1=O)NCCc1nc(-c2ccc(Cl)cc2)cs1. The van der Waals surface area contributed by atoms with Crippen molar-refractivity contribution in [1.82, 2.24) is 15.2 Å². The number of hydrogen-bond donors (Lipinski definition) is 1. The van der Waals surface area contributed by atoms with Crippen LogP contribution < -0.4 is 5.32 Å². The summed E-state index contributed by atoms with van der Waals surface area (Å²) in [5.41, 5.74) is 1.34. The van der Waals surface area contributed by atoms with Gasteiger partial charge in [0, 0.05) is 35.4 Å². The minimum atomic E-state index is -0.531. The number of likely N-dealkylation sites (tertiary alicyclic amines) is 1. The predicted molar refractivity (Wildman–Crippen MR) is 112 cm³/mol. The van der Waals surface area contributed by atoms with E-state index < -0.39 is 5.41 Å². The first-order valence-corrected chi connectivity index (χ1v) is 11.0. The lowest BCUT2D eigenvalue weighted by molar-refractivity contribution is -0.144. The van der Waals surface area contributed by atoms with Crippen LogP contribution in [0.5, 0.6) is 0 Å². The fourth-order valence-corrected chi connectivity index (χ4v) is 5.08. The molecular weight excluding hydrogens is 410 g/mol. The molecule has 1 spiro atoms. The number of nitrogens with one attached hydrogen (secondary N) is 1. The summed E-state index contributed by atoms with van der Waals surface area (Å²) < 4.78 is 0. The van der Waals surface area contributed by atoms with E-state index in [0.717, 1.165) is 46.8 Å². The molecule has 2 heterocycles. The number of thiazole rings is 1. The molecule has 2 aromatic rings. The number of carbonyl (C=O) groups excluding carboxylic acids is 3. The van der Waals surface area contributed by atoms with Crippen molar-refractivity contribution in [1.29, 1.82) is 0 Å². The summed E-state index contributed by atoms with van der Waals surface area (Å²) in [5, 5.41) is 6.37. The Morgan fingerprint density at radius 1 is 1.21 bits per heavy atom. The molecule has 1 aromatic heterocycles. The zero-order valence-corrected chi connectivity index (χ0v) is 17.5. The average molecular weight is 432 g/mol. The smallest absolute Gasteiger partial charge is 0.240 e. The van der Waals surface area contributed by atoms with Gasteiger partial charge in [-0.25, -0.2) is 4.98 Å². The molecule has 29 heavy (non-hydrogen) atoms. The summed E-state index contributed by atoms with van der Waals surface area (Å²) in [6, 6.07) is 7.49. The van der Waals surface area contributed by atoms with Crippen LogP contribution in [0.4, 0.5) is 0 Å². The van der Waals surface area contributed by atoms with E-state index in [2.05, 4.69) is 10.3 Å².